The molecule has 0 atom stereocenters. The van der Waals surface area contributed by atoms with E-state index in [2.05, 4.69) is 5.32 Å². The third-order valence-corrected chi connectivity index (χ3v) is 3.56. The summed E-state index contributed by atoms with van der Waals surface area (Å²) in [4.78, 5) is 0. The van der Waals surface area contributed by atoms with Gasteiger partial charge < -0.3 is 14.8 Å². The zero-order valence-electron chi connectivity index (χ0n) is 12.0. The maximum atomic E-state index is 6.23. The molecule has 0 aliphatic heterocycles. The largest absolute Gasteiger partial charge is 0.496 e. The summed E-state index contributed by atoms with van der Waals surface area (Å²) in [5.74, 6) is 1.41. The van der Waals surface area contributed by atoms with Crippen molar-refractivity contribution in [1.82, 2.24) is 5.32 Å². The summed E-state index contributed by atoms with van der Waals surface area (Å²) < 4.78 is 11.2. The Morgan fingerprint density at radius 1 is 1.10 bits per heavy atom. The minimum Gasteiger partial charge on any atom is -0.496 e. The Labute approximate surface area is 134 Å². The zero-order valence-corrected chi connectivity index (χ0v) is 13.5. The SMILES string of the molecule is CNCc1cccc(Cl)c1OCc1cc(Cl)ccc1OC. The number of hydrogen-bond acceptors (Lipinski definition) is 3. The summed E-state index contributed by atoms with van der Waals surface area (Å²) in [7, 11) is 3.50. The summed E-state index contributed by atoms with van der Waals surface area (Å²) in [6.07, 6.45) is 0. The molecule has 0 heterocycles. The summed E-state index contributed by atoms with van der Waals surface area (Å²) >= 11 is 12.2. The molecule has 0 radical (unpaired) electrons. The molecule has 0 amide bonds. The van der Waals surface area contributed by atoms with E-state index in [-0.39, 0.29) is 0 Å². The molecule has 0 bridgehead atoms. The molecular formula is C16H17Cl2NO2. The van der Waals surface area contributed by atoms with Gasteiger partial charge in [0.15, 0.2) is 0 Å². The van der Waals surface area contributed by atoms with E-state index in [1.165, 1.54) is 0 Å². The number of nitrogens with one attached hydrogen (secondary N) is 1. The molecule has 0 saturated carbocycles. The van der Waals surface area contributed by atoms with E-state index in [0.717, 1.165) is 16.9 Å². The van der Waals surface area contributed by atoms with Crippen LogP contribution in [0.2, 0.25) is 10.0 Å². The van der Waals surface area contributed by atoms with Gasteiger partial charge in [-0.25, -0.2) is 0 Å². The quantitative estimate of drug-likeness (QED) is 0.858. The molecule has 0 spiro atoms. The van der Waals surface area contributed by atoms with Gasteiger partial charge in [0, 0.05) is 22.7 Å². The van der Waals surface area contributed by atoms with Gasteiger partial charge in [0.25, 0.3) is 0 Å². The second-order valence-corrected chi connectivity index (χ2v) is 5.35. The second kappa shape index (κ2) is 7.55. The molecule has 0 fully saturated rings. The normalized spacial score (nSPS) is 10.5. The molecule has 2 aromatic carbocycles. The molecule has 0 aromatic heterocycles. The number of ether oxygens (including phenoxy) is 2. The van der Waals surface area contributed by atoms with Gasteiger partial charge in [-0.1, -0.05) is 35.3 Å². The van der Waals surface area contributed by atoms with Crippen LogP contribution < -0.4 is 14.8 Å². The number of rotatable bonds is 6. The molecular weight excluding hydrogens is 309 g/mol. The molecule has 0 aliphatic rings. The first-order chi connectivity index (χ1) is 10.2. The Kier molecular flexibility index (Phi) is 5.74. The van der Waals surface area contributed by atoms with Gasteiger partial charge >= 0.3 is 0 Å². The van der Waals surface area contributed by atoms with E-state index in [0.29, 0.717) is 28.9 Å². The fraction of sp³-hybridized carbons (Fsp3) is 0.250. The van der Waals surface area contributed by atoms with E-state index in [1.807, 2.05) is 37.4 Å². The molecule has 1 N–H and O–H groups in total. The van der Waals surface area contributed by atoms with Crippen molar-refractivity contribution in [2.24, 2.45) is 0 Å². The second-order valence-electron chi connectivity index (χ2n) is 4.50. The molecule has 0 unspecified atom stereocenters. The molecule has 3 nitrogen and oxygen atoms in total. The van der Waals surface area contributed by atoms with E-state index in [4.69, 9.17) is 32.7 Å². The molecule has 112 valence electrons. The lowest BCUT2D eigenvalue weighted by Gasteiger charge is -2.15. The van der Waals surface area contributed by atoms with Crippen LogP contribution >= 0.6 is 23.2 Å². The van der Waals surface area contributed by atoms with Crippen molar-refractivity contribution in [1.29, 1.82) is 0 Å². The van der Waals surface area contributed by atoms with E-state index < -0.39 is 0 Å². The highest BCUT2D eigenvalue weighted by molar-refractivity contribution is 6.32. The van der Waals surface area contributed by atoms with Crippen LogP contribution in [0.25, 0.3) is 0 Å². The molecule has 5 heteroatoms. The van der Waals surface area contributed by atoms with Crippen LogP contribution in [0.4, 0.5) is 0 Å². The Bertz CT molecular complexity index is 617. The predicted molar refractivity (Wildman–Crippen MR) is 86.6 cm³/mol. The molecule has 0 aliphatic carbocycles. The van der Waals surface area contributed by atoms with Crippen LogP contribution in [-0.2, 0) is 13.2 Å². The van der Waals surface area contributed by atoms with E-state index in [1.54, 1.807) is 13.2 Å². The number of halogens is 2. The predicted octanol–water partition coefficient (Wildman–Crippen LogP) is 4.30. The first-order valence-electron chi connectivity index (χ1n) is 6.53. The minimum absolute atomic E-state index is 0.337. The summed E-state index contributed by atoms with van der Waals surface area (Å²) in [5.41, 5.74) is 1.88. The number of hydrogen-bond donors (Lipinski definition) is 1. The van der Waals surface area contributed by atoms with Crippen molar-refractivity contribution >= 4 is 23.2 Å². The van der Waals surface area contributed by atoms with Gasteiger partial charge in [0.1, 0.15) is 18.1 Å². The van der Waals surface area contributed by atoms with Crippen LogP contribution in [0.5, 0.6) is 11.5 Å². The highest BCUT2D eigenvalue weighted by Crippen LogP contribution is 2.31. The summed E-state index contributed by atoms with van der Waals surface area (Å²) in [5, 5.41) is 4.33. The lowest BCUT2D eigenvalue weighted by molar-refractivity contribution is 0.293. The third kappa shape index (κ3) is 4.03. The maximum Gasteiger partial charge on any atom is 0.142 e. The highest BCUT2D eigenvalue weighted by Gasteiger charge is 2.10. The van der Waals surface area contributed by atoms with Crippen LogP contribution in [0.1, 0.15) is 11.1 Å². The fourth-order valence-electron chi connectivity index (χ4n) is 2.05. The van der Waals surface area contributed by atoms with Crippen molar-refractivity contribution in [3.63, 3.8) is 0 Å². The number of benzene rings is 2. The Morgan fingerprint density at radius 2 is 1.90 bits per heavy atom. The molecule has 0 saturated heterocycles. The van der Waals surface area contributed by atoms with Crippen LogP contribution in [0.15, 0.2) is 36.4 Å². The monoisotopic (exact) mass is 325 g/mol. The average molecular weight is 326 g/mol. The van der Waals surface area contributed by atoms with Crippen LogP contribution in [0.3, 0.4) is 0 Å². The fourth-order valence-corrected chi connectivity index (χ4v) is 2.50. The summed E-state index contributed by atoms with van der Waals surface area (Å²) in [6.45, 7) is 1.02. The standard InChI is InChI=1S/C16H17Cl2NO2/c1-19-9-11-4-3-5-14(18)16(11)21-10-12-8-13(17)6-7-15(12)20-2/h3-8,19H,9-10H2,1-2H3. The average Bonchev–Trinajstić information content (AvgIpc) is 2.47. The lowest BCUT2D eigenvalue weighted by Crippen LogP contribution is -2.08. The number of methoxy groups -OCH3 is 1. The highest BCUT2D eigenvalue weighted by atomic mass is 35.5. The van der Waals surface area contributed by atoms with Gasteiger partial charge in [-0.3, -0.25) is 0 Å². The third-order valence-electron chi connectivity index (χ3n) is 3.03. The Balaban J connectivity index is 2.22. The van der Waals surface area contributed by atoms with E-state index >= 15 is 0 Å². The van der Waals surface area contributed by atoms with Gasteiger partial charge in [-0.15, -0.1) is 0 Å². The lowest BCUT2D eigenvalue weighted by atomic mass is 10.2. The van der Waals surface area contributed by atoms with Crippen molar-refractivity contribution in [2.45, 2.75) is 13.2 Å². The molecule has 2 rings (SSSR count). The zero-order chi connectivity index (χ0) is 15.2. The van der Waals surface area contributed by atoms with Gasteiger partial charge in [0.2, 0.25) is 0 Å². The Morgan fingerprint density at radius 3 is 2.62 bits per heavy atom. The van der Waals surface area contributed by atoms with Gasteiger partial charge in [0.05, 0.1) is 12.1 Å². The Hall–Kier alpha value is -1.42. The van der Waals surface area contributed by atoms with Crippen molar-refractivity contribution in [2.75, 3.05) is 14.2 Å². The number of para-hydroxylation sites is 1. The van der Waals surface area contributed by atoms with Gasteiger partial charge in [-0.2, -0.15) is 0 Å². The van der Waals surface area contributed by atoms with Crippen LogP contribution in [-0.4, -0.2) is 14.2 Å². The topological polar surface area (TPSA) is 30.5 Å². The smallest absolute Gasteiger partial charge is 0.142 e. The van der Waals surface area contributed by atoms with Crippen molar-refractivity contribution < 1.29 is 9.47 Å². The maximum absolute atomic E-state index is 6.23. The van der Waals surface area contributed by atoms with Crippen LogP contribution in [0, 0.1) is 0 Å². The van der Waals surface area contributed by atoms with Crippen molar-refractivity contribution in [3.05, 3.63) is 57.6 Å². The van der Waals surface area contributed by atoms with E-state index in [9.17, 15) is 0 Å². The van der Waals surface area contributed by atoms with Crippen molar-refractivity contribution in [3.8, 4) is 11.5 Å². The van der Waals surface area contributed by atoms with Gasteiger partial charge in [-0.05, 0) is 31.3 Å². The molecule has 21 heavy (non-hydrogen) atoms. The first-order valence-corrected chi connectivity index (χ1v) is 7.28. The minimum atomic E-state index is 0.337. The first kappa shape index (κ1) is 16.0. The summed E-state index contributed by atoms with van der Waals surface area (Å²) in [6, 6.07) is 11.1. The molecule has 2 aromatic rings.